The zero-order chi connectivity index (χ0) is 51.3. The molecule has 0 radical (unpaired) electrons. The van der Waals surface area contributed by atoms with Crippen LogP contribution in [-0.4, -0.2) is 49.0 Å². The highest BCUT2D eigenvalue weighted by atomic mass is 28.3. The van der Waals surface area contributed by atoms with E-state index in [2.05, 4.69) is 78.1 Å². The number of aliphatic imine (C=N–C) groups is 1. The zero-order valence-corrected chi connectivity index (χ0v) is 43.0. The lowest BCUT2D eigenvalue weighted by atomic mass is 9.77. The number of ketones is 1. The fraction of sp³-hybridized carbons (Fsp3) is 0.306. The van der Waals surface area contributed by atoms with Crippen LogP contribution in [-0.2, 0) is 22.7 Å². The second-order valence-electron chi connectivity index (χ2n) is 20.2. The van der Waals surface area contributed by atoms with E-state index in [1.807, 2.05) is 115 Å². The molecule has 2 aliphatic heterocycles. The number of Topliss-reactive ketones (excluding diaryl/α,β-unsaturated/α-hetero) is 1. The Kier molecular flexibility index (Phi) is 16.8. The van der Waals surface area contributed by atoms with E-state index in [1.165, 1.54) is 11.1 Å². The van der Waals surface area contributed by atoms with E-state index in [9.17, 15) is 15.3 Å². The standard InChI is InChI=1S/C29H25N3O2.C28H25NO3.C5H11NSi/c30-18-22-7-4-8-23(15-22)24-9-10-28-26(16-24)27(32-20-31)17-29(34-28)13-11-25(12-14-29)33-19-21-5-2-1-3-6-21;29-18-21-7-4-8-22(15-21)23-9-10-27-25(16-23)26(30)17-28(32-27)13-11-24(12-14-28)31-19-20-5-2-1-3-6-20;1-5-6-7(2,3)4/h1-10,15-16,25H,11-14,17,19H2;1-10,15-16,24H,11-14,17,19H2;1H2,2-4H3. The van der Waals surface area contributed by atoms with Crippen LogP contribution in [0.3, 0.4) is 0 Å². The van der Waals surface area contributed by atoms with E-state index in [0.29, 0.717) is 48.5 Å². The molecule has 0 amide bonds. The van der Waals surface area contributed by atoms with Gasteiger partial charge in [-0.1, -0.05) is 97.1 Å². The first kappa shape index (κ1) is 51.7. The van der Waals surface area contributed by atoms with Crippen molar-refractivity contribution >= 4 is 25.6 Å². The first-order valence-electron chi connectivity index (χ1n) is 25.1. The van der Waals surface area contributed by atoms with Crippen LogP contribution in [0.1, 0.15) is 102 Å². The molecule has 2 spiro atoms. The molecule has 0 saturated heterocycles. The summed E-state index contributed by atoms with van der Waals surface area (Å²) in [5.74, 6) is 4.12. The summed E-state index contributed by atoms with van der Waals surface area (Å²) in [5.41, 5.74) is 8.85. The fourth-order valence-corrected chi connectivity index (χ4v) is 10.5. The summed E-state index contributed by atoms with van der Waals surface area (Å²) in [5, 5.41) is 27.8. The van der Waals surface area contributed by atoms with Crippen molar-refractivity contribution in [2.24, 2.45) is 9.65 Å². The van der Waals surface area contributed by atoms with Gasteiger partial charge in [0.2, 0.25) is 6.19 Å². The van der Waals surface area contributed by atoms with Crippen LogP contribution in [0.25, 0.3) is 22.3 Å². The Labute approximate surface area is 431 Å². The predicted octanol–water partition coefficient (Wildman–Crippen LogP) is 13.9. The largest absolute Gasteiger partial charge is 0.486 e. The Bertz CT molecular complexity index is 3110. The summed E-state index contributed by atoms with van der Waals surface area (Å²) in [6, 6.07) is 51.5. The monoisotopic (exact) mass is 983 g/mol. The molecule has 10 nitrogen and oxygen atoms in total. The smallest absolute Gasteiger partial charge is 0.205 e. The molecule has 0 unspecified atom stereocenters. The molecule has 6 aromatic carbocycles. The molecule has 2 fully saturated rings. The van der Waals surface area contributed by atoms with Gasteiger partial charge in [0.25, 0.3) is 0 Å². The number of ether oxygens (including phenoxy) is 4. The SMILES string of the molecule is C=C=N[Si](C)(C)C.N#CN=C1CC2(CCC(OCc3ccccc3)CC2)Oc2ccc(-c3cccc(C#N)c3)cc21.N#Cc1cccc(-c2ccc3c(c2)C(=O)CC2(CCC(OCc4ccccc4)CC2)O3)c1. The molecule has 0 atom stereocenters. The number of fused-ring (bicyclic) bond motifs is 2. The number of rotatable bonds is 9. The maximum absolute atomic E-state index is 13.1. The van der Waals surface area contributed by atoms with Gasteiger partial charge in [-0.05, 0) is 165 Å². The van der Waals surface area contributed by atoms with Crippen LogP contribution in [0.4, 0.5) is 0 Å². The number of hydrogen-bond acceptors (Lipinski definition) is 10. The number of nitriles is 3. The van der Waals surface area contributed by atoms with Crippen molar-refractivity contribution in [1.82, 2.24) is 0 Å². The van der Waals surface area contributed by atoms with Crippen molar-refractivity contribution in [2.75, 3.05) is 0 Å². The van der Waals surface area contributed by atoms with Gasteiger partial charge in [0.15, 0.2) is 14.0 Å². The van der Waals surface area contributed by atoms with Gasteiger partial charge >= 0.3 is 0 Å². The second-order valence-corrected chi connectivity index (χ2v) is 24.8. The van der Waals surface area contributed by atoms with Crippen LogP contribution in [0, 0.1) is 34.1 Å². The molecule has 2 aliphatic carbocycles. The van der Waals surface area contributed by atoms with Gasteiger partial charge in [0.1, 0.15) is 22.7 Å². The average Bonchev–Trinajstić information content (AvgIpc) is 3.41. The minimum atomic E-state index is -1.21. The third kappa shape index (κ3) is 13.6. The molecule has 10 rings (SSSR count). The van der Waals surface area contributed by atoms with Gasteiger partial charge in [-0.15, -0.1) is 0 Å². The van der Waals surface area contributed by atoms with Gasteiger partial charge in [0, 0.05) is 12.0 Å². The molecule has 4 aliphatic rings. The van der Waals surface area contributed by atoms with Gasteiger partial charge < -0.3 is 18.9 Å². The maximum atomic E-state index is 13.1. The van der Waals surface area contributed by atoms with Gasteiger partial charge in [0.05, 0.1) is 66.4 Å². The third-order valence-corrected chi connectivity index (χ3v) is 14.6. The lowest BCUT2D eigenvalue weighted by molar-refractivity contribution is -0.0507. The number of carbonyl (C=O) groups is 1. The number of benzene rings is 6. The minimum absolute atomic E-state index is 0.133. The third-order valence-electron chi connectivity index (χ3n) is 13.8. The van der Waals surface area contributed by atoms with Crippen LogP contribution in [0.15, 0.2) is 162 Å². The molecule has 0 aromatic heterocycles. The molecule has 0 N–H and O–H groups in total. The first-order valence-corrected chi connectivity index (χ1v) is 28.5. The lowest BCUT2D eigenvalue weighted by Crippen LogP contribution is -2.46. The topological polar surface area (TPSA) is 150 Å². The molecule has 368 valence electrons. The summed E-state index contributed by atoms with van der Waals surface area (Å²) < 4.78 is 29.4. The van der Waals surface area contributed by atoms with Crippen LogP contribution >= 0.6 is 0 Å². The van der Waals surface area contributed by atoms with Crippen LogP contribution < -0.4 is 9.47 Å². The Morgan fingerprint density at radius 3 is 1.48 bits per heavy atom. The highest BCUT2D eigenvalue weighted by Gasteiger charge is 2.44. The highest BCUT2D eigenvalue weighted by molar-refractivity contribution is 6.75. The molecule has 2 heterocycles. The highest BCUT2D eigenvalue weighted by Crippen LogP contribution is 2.45. The average molecular weight is 984 g/mol. The van der Waals surface area contributed by atoms with Crippen LogP contribution in [0.5, 0.6) is 11.5 Å². The number of carbonyl (C=O) groups excluding carboxylic acids is 1. The summed E-state index contributed by atoms with van der Waals surface area (Å²) >= 11 is 0. The Balaban J connectivity index is 0.000000173. The lowest BCUT2D eigenvalue weighted by Gasteiger charge is -2.43. The van der Waals surface area contributed by atoms with Gasteiger partial charge in [-0.2, -0.15) is 20.8 Å². The van der Waals surface area contributed by atoms with Gasteiger partial charge in [-0.3, -0.25) is 9.45 Å². The normalized spacial score (nSPS) is 21.1. The van der Waals surface area contributed by atoms with Crippen molar-refractivity contribution in [1.29, 1.82) is 15.8 Å². The fourth-order valence-electron chi connectivity index (χ4n) is 10.0. The summed E-state index contributed by atoms with van der Waals surface area (Å²) in [7, 11) is -1.21. The Morgan fingerprint density at radius 1 is 0.589 bits per heavy atom. The van der Waals surface area contributed by atoms with Crippen LogP contribution in [0.2, 0.25) is 19.6 Å². The van der Waals surface area contributed by atoms with Crippen molar-refractivity contribution in [3.8, 4) is 52.1 Å². The Hall–Kier alpha value is -7.68. The van der Waals surface area contributed by atoms with Gasteiger partial charge in [-0.25, -0.2) is 0 Å². The summed E-state index contributed by atoms with van der Waals surface area (Å²) in [4.78, 5) is 17.3. The number of nitrogens with zero attached hydrogens (tertiary/aromatic N) is 5. The molecule has 11 heteroatoms. The predicted molar refractivity (Wildman–Crippen MR) is 289 cm³/mol. The van der Waals surface area contributed by atoms with E-state index in [1.54, 1.807) is 12.1 Å². The second kappa shape index (κ2) is 23.7. The van der Waals surface area contributed by atoms with Crippen molar-refractivity contribution < 1.29 is 23.7 Å². The van der Waals surface area contributed by atoms with E-state index in [-0.39, 0.29) is 23.6 Å². The first-order chi connectivity index (χ1) is 35.4. The van der Waals surface area contributed by atoms with Crippen molar-refractivity contribution in [2.45, 2.75) is 120 Å². The van der Waals surface area contributed by atoms with E-state index < -0.39 is 13.8 Å². The molecule has 73 heavy (non-hydrogen) atoms. The van der Waals surface area contributed by atoms with E-state index in [4.69, 9.17) is 24.2 Å². The van der Waals surface area contributed by atoms with Crippen molar-refractivity contribution in [3.63, 3.8) is 0 Å². The van der Waals surface area contributed by atoms with Crippen molar-refractivity contribution in [3.05, 3.63) is 186 Å². The minimum Gasteiger partial charge on any atom is -0.486 e. The maximum Gasteiger partial charge on any atom is 0.205 e. The molecule has 0 bridgehead atoms. The quantitative estimate of drug-likeness (QED) is 0.0789. The molecular formula is C62H61N5O5Si. The summed E-state index contributed by atoms with van der Waals surface area (Å²) in [6.07, 6.45) is 10.4. The molecule has 2 saturated carbocycles. The van der Waals surface area contributed by atoms with E-state index in [0.717, 1.165) is 90.6 Å². The molecule has 6 aromatic rings. The zero-order valence-electron chi connectivity index (χ0n) is 42.0. The number of hydrogen-bond donors (Lipinski definition) is 0. The molecular weight excluding hydrogens is 923 g/mol. The summed E-state index contributed by atoms with van der Waals surface area (Å²) in [6.45, 7) is 11.1. The Morgan fingerprint density at radius 2 is 1.04 bits per heavy atom. The van der Waals surface area contributed by atoms with E-state index >= 15 is 0 Å².